The number of aryl methyl sites for hydroxylation is 2. The molecule has 2 N–H and O–H groups in total. The van der Waals surface area contributed by atoms with Crippen molar-refractivity contribution in [1.29, 1.82) is 0 Å². The third-order valence-corrected chi connectivity index (χ3v) is 5.14. The van der Waals surface area contributed by atoms with Gasteiger partial charge in [-0.2, -0.15) is 13.2 Å². The van der Waals surface area contributed by atoms with E-state index >= 15 is 0 Å². The van der Waals surface area contributed by atoms with E-state index in [2.05, 4.69) is 15.8 Å². The van der Waals surface area contributed by atoms with Crippen LogP contribution in [-0.2, 0) is 30.4 Å². The molecule has 0 saturated heterocycles. The van der Waals surface area contributed by atoms with Gasteiger partial charge in [-0.25, -0.2) is 4.98 Å². The number of hydrazine groups is 1. The van der Waals surface area contributed by atoms with Crippen LogP contribution >= 0.6 is 0 Å². The van der Waals surface area contributed by atoms with Crippen molar-refractivity contribution in [2.45, 2.75) is 38.4 Å². The summed E-state index contributed by atoms with van der Waals surface area (Å²) in [6, 6.07) is 11.4. The van der Waals surface area contributed by atoms with Gasteiger partial charge in [0.05, 0.1) is 11.0 Å². The Morgan fingerprint density at radius 3 is 2.50 bits per heavy atom. The van der Waals surface area contributed by atoms with Gasteiger partial charge in [-0.15, -0.1) is 0 Å². The minimum absolute atomic E-state index is 0.135. The summed E-state index contributed by atoms with van der Waals surface area (Å²) in [5.74, 6) is -2.49. The molecule has 30 heavy (non-hydrogen) atoms. The Morgan fingerprint density at radius 2 is 1.73 bits per heavy atom. The van der Waals surface area contributed by atoms with Crippen LogP contribution in [0.3, 0.4) is 0 Å². The third-order valence-electron chi connectivity index (χ3n) is 5.14. The molecule has 1 aliphatic carbocycles. The van der Waals surface area contributed by atoms with Gasteiger partial charge in [0.15, 0.2) is 0 Å². The van der Waals surface area contributed by atoms with Crippen molar-refractivity contribution in [3.8, 4) is 0 Å². The Labute approximate surface area is 170 Å². The summed E-state index contributed by atoms with van der Waals surface area (Å²) in [5, 5.41) is 0. The molecule has 3 aromatic rings. The quantitative estimate of drug-likeness (QED) is 0.643. The van der Waals surface area contributed by atoms with Crippen molar-refractivity contribution in [3.05, 3.63) is 65.0 Å². The number of benzene rings is 2. The highest BCUT2D eigenvalue weighted by atomic mass is 19.4. The van der Waals surface area contributed by atoms with Gasteiger partial charge < -0.3 is 4.57 Å². The normalized spacial score (nSPS) is 13.7. The Balaban J connectivity index is 1.46. The summed E-state index contributed by atoms with van der Waals surface area (Å²) < 4.78 is 40.8. The van der Waals surface area contributed by atoms with Crippen LogP contribution in [-0.4, -0.2) is 21.4 Å². The van der Waals surface area contributed by atoms with E-state index in [4.69, 9.17) is 0 Å². The molecule has 0 atom stereocenters. The summed E-state index contributed by atoms with van der Waals surface area (Å²) >= 11 is 0. The van der Waals surface area contributed by atoms with E-state index in [9.17, 15) is 22.8 Å². The number of para-hydroxylation sites is 2. The van der Waals surface area contributed by atoms with Crippen LogP contribution in [0.25, 0.3) is 11.0 Å². The average molecular weight is 416 g/mol. The first kappa shape index (κ1) is 19.9. The fourth-order valence-electron chi connectivity index (χ4n) is 3.71. The smallest absolute Gasteiger partial charge is 0.311 e. The first-order valence-electron chi connectivity index (χ1n) is 9.56. The van der Waals surface area contributed by atoms with E-state index in [0.717, 1.165) is 35.8 Å². The van der Waals surface area contributed by atoms with Crippen LogP contribution in [0.5, 0.6) is 0 Å². The first-order valence-corrected chi connectivity index (χ1v) is 9.56. The number of halogens is 3. The molecule has 0 saturated carbocycles. The number of fused-ring (bicyclic) bond motifs is 2. The van der Waals surface area contributed by atoms with Gasteiger partial charge in [0, 0.05) is 5.56 Å². The van der Waals surface area contributed by atoms with Crippen LogP contribution in [0, 0.1) is 0 Å². The molecular weight excluding hydrogens is 397 g/mol. The zero-order valence-corrected chi connectivity index (χ0v) is 15.9. The monoisotopic (exact) mass is 416 g/mol. The second-order valence-corrected chi connectivity index (χ2v) is 7.20. The molecule has 9 heteroatoms. The topological polar surface area (TPSA) is 76.0 Å². The molecule has 2 aromatic carbocycles. The maximum atomic E-state index is 13.3. The summed E-state index contributed by atoms with van der Waals surface area (Å²) in [5.41, 5.74) is 7.49. The van der Waals surface area contributed by atoms with Gasteiger partial charge in [0.2, 0.25) is 5.82 Å². The van der Waals surface area contributed by atoms with E-state index in [1.807, 2.05) is 6.07 Å². The third kappa shape index (κ3) is 4.00. The van der Waals surface area contributed by atoms with E-state index < -0.39 is 30.4 Å². The fourth-order valence-corrected chi connectivity index (χ4v) is 3.71. The lowest BCUT2D eigenvalue weighted by atomic mass is 9.90. The Morgan fingerprint density at radius 1 is 1.00 bits per heavy atom. The highest BCUT2D eigenvalue weighted by molar-refractivity contribution is 5.95. The summed E-state index contributed by atoms with van der Waals surface area (Å²) in [4.78, 5) is 28.2. The number of aromatic nitrogens is 2. The van der Waals surface area contributed by atoms with Gasteiger partial charge in [-0.3, -0.25) is 20.4 Å². The molecule has 0 spiro atoms. The van der Waals surface area contributed by atoms with E-state index in [1.165, 1.54) is 17.7 Å². The lowest BCUT2D eigenvalue weighted by Gasteiger charge is -2.16. The largest absolute Gasteiger partial charge is 0.449 e. The second-order valence-electron chi connectivity index (χ2n) is 7.20. The average Bonchev–Trinajstić information content (AvgIpc) is 3.10. The van der Waals surface area contributed by atoms with Crippen LogP contribution in [0.2, 0.25) is 0 Å². The first-order chi connectivity index (χ1) is 14.3. The molecule has 1 aromatic heterocycles. The number of carbonyl (C=O) groups is 2. The van der Waals surface area contributed by atoms with Crippen LogP contribution in [0.15, 0.2) is 42.5 Å². The Hall–Kier alpha value is -3.36. The van der Waals surface area contributed by atoms with Gasteiger partial charge in [0.25, 0.3) is 11.8 Å². The van der Waals surface area contributed by atoms with E-state index in [1.54, 1.807) is 24.3 Å². The van der Waals surface area contributed by atoms with Crippen molar-refractivity contribution in [3.63, 3.8) is 0 Å². The highest BCUT2D eigenvalue weighted by Crippen LogP contribution is 2.31. The van der Waals surface area contributed by atoms with E-state index in [0.29, 0.717) is 5.56 Å². The maximum absolute atomic E-state index is 13.3. The number of hydrogen-bond acceptors (Lipinski definition) is 3. The van der Waals surface area contributed by atoms with Gasteiger partial charge in [-0.1, -0.05) is 18.2 Å². The van der Waals surface area contributed by atoms with Crippen LogP contribution < -0.4 is 10.9 Å². The van der Waals surface area contributed by atoms with Crippen LogP contribution in [0.1, 0.15) is 40.2 Å². The van der Waals surface area contributed by atoms with E-state index in [-0.39, 0.29) is 11.0 Å². The molecule has 1 aliphatic rings. The van der Waals surface area contributed by atoms with Crippen molar-refractivity contribution >= 4 is 22.8 Å². The predicted octanol–water partition coefficient (Wildman–Crippen LogP) is 3.40. The minimum atomic E-state index is -4.72. The molecule has 6 nitrogen and oxygen atoms in total. The number of amides is 2. The molecule has 2 amide bonds. The molecule has 4 rings (SSSR count). The number of rotatable bonds is 3. The molecule has 0 aliphatic heterocycles. The number of alkyl halides is 3. The molecule has 1 heterocycles. The fraction of sp³-hybridized carbons (Fsp3) is 0.286. The zero-order chi connectivity index (χ0) is 21.3. The van der Waals surface area contributed by atoms with Gasteiger partial charge in [-0.05, 0) is 61.1 Å². The SMILES string of the molecule is O=C(Cn1c(C(F)(F)F)nc2ccccc21)NNC(=O)c1ccc2c(c1)CCCC2. The maximum Gasteiger partial charge on any atom is 0.449 e. The van der Waals surface area contributed by atoms with Crippen LogP contribution in [0.4, 0.5) is 13.2 Å². The lowest BCUT2D eigenvalue weighted by molar-refractivity contribution is -0.147. The summed E-state index contributed by atoms with van der Waals surface area (Å²) in [6.45, 7) is -0.639. The van der Waals surface area contributed by atoms with Gasteiger partial charge in [0.1, 0.15) is 6.54 Å². The standard InChI is InChI=1S/C21H19F3N4O2/c22-21(23,24)20-25-16-7-3-4-8-17(16)28(20)12-18(29)26-27-19(30)15-10-9-13-5-1-2-6-14(13)11-15/h3-4,7-11H,1-2,5-6,12H2,(H,26,29)(H,27,30). The Bertz CT molecular complexity index is 1120. The number of hydrogen-bond donors (Lipinski definition) is 2. The summed E-state index contributed by atoms with van der Waals surface area (Å²) in [6.07, 6.45) is -0.649. The van der Waals surface area contributed by atoms with Crippen molar-refractivity contribution in [1.82, 2.24) is 20.4 Å². The predicted molar refractivity (Wildman–Crippen MR) is 103 cm³/mol. The number of nitrogens with one attached hydrogen (secondary N) is 2. The lowest BCUT2D eigenvalue weighted by Crippen LogP contribution is -2.43. The molecule has 0 radical (unpaired) electrons. The second kappa shape index (κ2) is 7.81. The molecule has 0 unspecified atom stereocenters. The highest BCUT2D eigenvalue weighted by Gasteiger charge is 2.38. The molecular formula is C21H19F3N4O2. The number of nitrogens with zero attached hydrogens (tertiary/aromatic N) is 2. The zero-order valence-electron chi connectivity index (χ0n) is 15.9. The van der Waals surface area contributed by atoms with Gasteiger partial charge >= 0.3 is 6.18 Å². The van der Waals surface area contributed by atoms with Crippen molar-refractivity contribution in [2.75, 3.05) is 0 Å². The molecule has 156 valence electrons. The number of imidazole rings is 1. The summed E-state index contributed by atoms with van der Waals surface area (Å²) in [7, 11) is 0. The molecule has 0 fully saturated rings. The number of carbonyl (C=O) groups excluding carboxylic acids is 2. The molecule has 0 bridgehead atoms. The minimum Gasteiger partial charge on any atom is -0.311 e. The van der Waals surface area contributed by atoms with Crippen molar-refractivity contribution < 1.29 is 22.8 Å². The van der Waals surface area contributed by atoms with Crippen molar-refractivity contribution in [2.24, 2.45) is 0 Å². The Kier molecular flexibility index (Phi) is 5.19.